The summed E-state index contributed by atoms with van der Waals surface area (Å²) in [6.07, 6.45) is 3.26. The highest BCUT2D eigenvalue weighted by Crippen LogP contribution is 2.48. The Bertz CT molecular complexity index is 521. The van der Waals surface area contributed by atoms with Crippen molar-refractivity contribution in [2.24, 2.45) is 0 Å². The van der Waals surface area contributed by atoms with Crippen LogP contribution in [0, 0.1) is 0 Å². The van der Waals surface area contributed by atoms with E-state index < -0.39 is 5.41 Å². The summed E-state index contributed by atoms with van der Waals surface area (Å²) < 4.78 is 0.987. The summed E-state index contributed by atoms with van der Waals surface area (Å²) in [4.78, 5) is 23.7. The highest BCUT2D eigenvalue weighted by atomic mass is 79.9. The molecule has 1 aromatic carbocycles. The lowest BCUT2D eigenvalue weighted by atomic mass is 9.95. The number of benzene rings is 1. The Morgan fingerprint density at radius 2 is 1.90 bits per heavy atom. The second kappa shape index (κ2) is 6.22. The van der Waals surface area contributed by atoms with Crippen LogP contribution in [0.3, 0.4) is 0 Å². The van der Waals surface area contributed by atoms with Gasteiger partial charge in [-0.15, -0.1) is 6.58 Å². The molecule has 1 aliphatic carbocycles. The zero-order valence-electron chi connectivity index (χ0n) is 11.1. The lowest BCUT2D eigenvalue weighted by Gasteiger charge is -2.15. The number of nitrogens with one attached hydrogen (secondary N) is 2. The monoisotopic (exact) mass is 336 g/mol. The van der Waals surface area contributed by atoms with Crippen molar-refractivity contribution in [1.29, 1.82) is 0 Å². The van der Waals surface area contributed by atoms with Crippen LogP contribution in [0.5, 0.6) is 0 Å². The Morgan fingerprint density at radius 3 is 2.45 bits per heavy atom. The van der Waals surface area contributed by atoms with Crippen molar-refractivity contribution in [1.82, 2.24) is 10.6 Å². The topological polar surface area (TPSA) is 58.2 Å². The van der Waals surface area contributed by atoms with Gasteiger partial charge >= 0.3 is 0 Å². The van der Waals surface area contributed by atoms with Gasteiger partial charge in [0.05, 0.1) is 12.0 Å². The Morgan fingerprint density at radius 1 is 1.25 bits per heavy atom. The fourth-order valence-electron chi connectivity index (χ4n) is 2.12. The summed E-state index contributed by atoms with van der Waals surface area (Å²) in [6.45, 7) is 3.93. The van der Waals surface area contributed by atoms with Crippen molar-refractivity contribution in [3.8, 4) is 0 Å². The average molecular weight is 337 g/mol. The molecule has 0 heterocycles. The number of hydrogen-bond donors (Lipinski definition) is 2. The van der Waals surface area contributed by atoms with E-state index in [1.807, 2.05) is 24.3 Å². The molecule has 1 saturated carbocycles. The number of carbonyl (C=O) groups excluding carboxylic acids is 2. The van der Waals surface area contributed by atoms with E-state index in [0.29, 0.717) is 6.54 Å². The van der Waals surface area contributed by atoms with Gasteiger partial charge in [0.1, 0.15) is 0 Å². The molecule has 106 valence electrons. The van der Waals surface area contributed by atoms with Crippen LogP contribution < -0.4 is 10.6 Å². The zero-order chi connectivity index (χ0) is 14.6. The minimum atomic E-state index is -0.445. The molecule has 2 amide bonds. The molecule has 0 aromatic heterocycles. The van der Waals surface area contributed by atoms with Crippen LogP contribution >= 0.6 is 15.9 Å². The summed E-state index contributed by atoms with van der Waals surface area (Å²) >= 11 is 3.38. The maximum Gasteiger partial charge on any atom is 0.239 e. The summed E-state index contributed by atoms with van der Waals surface area (Å²) in [7, 11) is 0. The zero-order valence-corrected chi connectivity index (χ0v) is 12.7. The van der Waals surface area contributed by atoms with E-state index in [9.17, 15) is 9.59 Å². The van der Waals surface area contributed by atoms with Crippen LogP contribution in [-0.2, 0) is 15.0 Å². The van der Waals surface area contributed by atoms with Gasteiger partial charge in [-0.2, -0.15) is 0 Å². The van der Waals surface area contributed by atoms with Crippen molar-refractivity contribution >= 4 is 27.7 Å². The Balaban J connectivity index is 1.93. The Hall–Kier alpha value is -1.62. The van der Waals surface area contributed by atoms with Crippen LogP contribution in [0.4, 0.5) is 0 Å². The molecule has 2 rings (SSSR count). The molecule has 0 radical (unpaired) electrons. The summed E-state index contributed by atoms with van der Waals surface area (Å²) in [5.74, 6) is -0.279. The molecule has 0 unspecified atom stereocenters. The third-order valence-electron chi connectivity index (χ3n) is 3.43. The SMILES string of the molecule is C=CCNC(=O)CNC(=O)C1(c2ccc(Br)cc2)CC1. The lowest BCUT2D eigenvalue weighted by molar-refractivity contribution is -0.127. The van der Waals surface area contributed by atoms with Crippen LogP contribution in [0.25, 0.3) is 0 Å². The minimum Gasteiger partial charge on any atom is -0.351 e. The maximum atomic E-state index is 12.3. The second-order valence-corrected chi connectivity index (χ2v) is 5.78. The highest BCUT2D eigenvalue weighted by molar-refractivity contribution is 9.10. The van der Waals surface area contributed by atoms with Crippen LogP contribution in [0.15, 0.2) is 41.4 Å². The van der Waals surface area contributed by atoms with Gasteiger partial charge < -0.3 is 10.6 Å². The molecule has 0 aliphatic heterocycles. The molecule has 1 fully saturated rings. The van der Waals surface area contributed by atoms with Crippen molar-refractivity contribution < 1.29 is 9.59 Å². The van der Waals surface area contributed by atoms with E-state index in [4.69, 9.17) is 0 Å². The third-order valence-corrected chi connectivity index (χ3v) is 3.96. The van der Waals surface area contributed by atoms with E-state index >= 15 is 0 Å². The van der Waals surface area contributed by atoms with Gasteiger partial charge in [-0.1, -0.05) is 34.1 Å². The maximum absolute atomic E-state index is 12.3. The first-order valence-corrected chi connectivity index (χ1v) is 7.30. The quantitative estimate of drug-likeness (QED) is 0.779. The molecule has 5 heteroatoms. The summed E-state index contributed by atoms with van der Waals surface area (Å²) in [6, 6.07) is 7.77. The third kappa shape index (κ3) is 3.28. The van der Waals surface area contributed by atoms with Gasteiger partial charge in [-0.3, -0.25) is 9.59 Å². The van der Waals surface area contributed by atoms with Crippen LogP contribution in [-0.4, -0.2) is 24.9 Å². The van der Waals surface area contributed by atoms with Crippen LogP contribution in [0.2, 0.25) is 0 Å². The highest BCUT2D eigenvalue weighted by Gasteiger charge is 2.51. The molecule has 2 N–H and O–H groups in total. The molecule has 0 bridgehead atoms. The Labute approximate surface area is 126 Å². The van der Waals surface area contributed by atoms with E-state index in [-0.39, 0.29) is 18.4 Å². The van der Waals surface area contributed by atoms with E-state index in [1.165, 1.54) is 0 Å². The largest absolute Gasteiger partial charge is 0.351 e. The first-order valence-electron chi connectivity index (χ1n) is 6.50. The first kappa shape index (κ1) is 14.8. The average Bonchev–Trinajstić information content (AvgIpc) is 3.25. The smallest absolute Gasteiger partial charge is 0.239 e. The number of rotatable bonds is 6. The fraction of sp³-hybridized carbons (Fsp3) is 0.333. The first-order chi connectivity index (χ1) is 9.58. The number of carbonyl (C=O) groups is 2. The molecule has 1 aromatic rings. The molecule has 0 saturated heterocycles. The van der Waals surface area contributed by atoms with Crippen molar-refractivity contribution in [2.45, 2.75) is 18.3 Å². The van der Waals surface area contributed by atoms with Gasteiger partial charge in [-0.25, -0.2) is 0 Å². The molecular formula is C15H17BrN2O2. The predicted octanol–water partition coefficient (Wildman–Crippen LogP) is 1.90. The van der Waals surface area contributed by atoms with Gasteiger partial charge in [0.25, 0.3) is 0 Å². The fourth-order valence-corrected chi connectivity index (χ4v) is 2.38. The second-order valence-electron chi connectivity index (χ2n) is 4.86. The molecule has 20 heavy (non-hydrogen) atoms. The van der Waals surface area contributed by atoms with E-state index in [0.717, 1.165) is 22.9 Å². The van der Waals surface area contributed by atoms with E-state index in [2.05, 4.69) is 33.1 Å². The molecule has 1 aliphatic rings. The number of halogens is 1. The lowest BCUT2D eigenvalue weighted by Crippen LogP contribution is -2.41. The minimum absolute atomic E-state index is 0.00491. The molecule has 4 nitrogen and oxygen atoms in total. The van der Waals surface area contributed by atoms with Crippen molar-refractivity contribution in [3.63, 3.8) is 0 Å². The van der Waals surface area contributed by atoms with E-state index in [1.54, 1.807) is 6.08 Å². The number of amides is 2. The molecule has 0 atom stereocenters. The summed E-state index contributed by atoms with van der Waals surface area (Å²) in [5, 5.41) is 5.34. The predicted molar refractivity (Wildman–Crippen MR) is 81.3 cm³/mol. The number of hydrogen-bond acceptors (Lipinski definition) is 2. The normalized spacial score (nSPS) is 15.2. The summed E-state index contributed by atoms with van der Waals surface area (Å²) in [5.41, 5.74) is 0.559. The van der Waals surface area contributed by atoms with Crippen LogP contribution in [0.1, 0.15) is 18.4 Å². The van der Waals surface area contributed by atoms with Gasteiger partial charge in [0.15, 0.2) is 0 Å². The van der Waals surface area contributed by atoms with Crippen molar-refractivity contribution in [2.75, 3.05) is 13.1 Å². The van der Waals surface area contributed by atoms with Gasteiger partial charge in [0.2, 0.25) is 11.8 Å². The molecule has 0 spiro atoms. The van der Waals surface area contributed by atoms with Gasteiger partial charge in [-0.05, 0) is 30.5 Å². The van der Waals surface area contributed by atoms with Crippen molar-refractivity contribution in [3.05, 3.63) is 47.0 Å². The molecular weight excluding hydrogens is 320 g/mol. The van der Waals surface area contributed by atoms with Gasteiger partial charge in [0, 0.05) is 11.0 Å². The Kier molecular flexibility index (Phi) is 4.60. The standard InChI is InChI=1S/C15H17BrN2O2/c1-2-9-17-13(19)10-18-14(20)15(7-8-15)11-3-5-12(16)6-4-11/h2-6H,1,7-10H2,(H,17,19)(H,18,20).